The highest BCUT2D eigenvalue weighted by Gasteiger charge is 2.56. The third kappa shape index (κ3) is 22.1. The van der Waals surface area contributed by atoms with E-state index in [0.717, 1.165) is 0 Å². The second kappa shape index (κ2) is 23.6. The van der Waals surface area contributed by atoms with Crippen molar-refractivity contribution in [2.45, 2.75) is 50.4 Å². The summed E-state index contributed by atoms with van der Waals surface area (Å²) in [6.07, 6.45) is -4.23. The zero-order valence-electron chi connectivity index (χ0n) is 28.0. The molecule has 0 bridgehead atoms. The third-order valence-corrected chi connectivity index (χ3v) is 30.5. The van der Waals surface area contributed by atoms with Gasteiger partial charge in [0.15, 0.2) is 0 Å². The summed E-state index contributed by atoms with van der Waals surface area (Å²) in [6.45, 7) is 9.54. The number of carboxylic acid groups (broad SMARTS) is 4. The molecule has 0 aliphatic carbocycles. The molecule has 1 fully saturated rings. The average molecular weight is 829 g/mol. The van der Waals surface area contributed by atoms with E-state index in [-0.39, 0.29) is 0 Å². The molecule has 8 N–H and O–H groups in total. The molecule has 1 aliphatic rings. The molecule has 1 aliphatic heterocycles. The summed E-state index contributed by atoms with van der Waals surface area (Å²) >= 11 is 6.49. The largest absolute Gasteiger partial charge is 0.465 e. The molecule has 1 heterocycles. The molecule has 24 heteroatoms. The van der Waals surface area contributed by atoms with E-state index >= 15 is 0 Å². The molecule has 1 saturated heterocycles. The summed E-state index contributed by atoms with van der Waals surface area (Å²) in [6, 6.07) is 2.61. The van der Waals surface area contributed by atoms with Crippen molar-refractivity contribution < 1.29 is 56.1 Å². The van der Waals surface area contributed by atoms with Gasteiger partial charge in [-0.05, 0) is 73.4 Å². The van der Waals surface area contributed by atoms with Crippen LogP contribution in [0.1, 0.15) is 0 Å². The molecule has 0 unspecified atom stereocenters. The van der Waals surface area contributed by atoms with Crippen LogP contribution in [0.25, 0.3) is 0 Å². The minimum atomic E-state index is -2.90. The zero-order chi connectivity index (χ0) is 36.1. The summed E-state index contributed by atoms with van der Waals surface area (Å²) in [7, 11) is -11.6. The van der Waals surface area contributed by atoms with Gasteiger partial charge in [-0.1, -0.05) is 0 Å². The van der Waals surface area contributed by atoms with E-state index in [1.54, 1.807) is 47.0 Å². The van der Waals surface area contributed by atoms with Crippen LogP contribution in [-0.4, -0.2) is 151 Å². The first-order chi connectivity index (χ1) is 22.5. The molecule has 0 aromatic heterocycles. The maximum absolute atomic E-state index is 10.8. The van der Waals surface area contributed by atoms with Crippen LogP contribution < -0.4 is 21.3 Å². The van der Waals surface area contributed by atoms with E-state index in [0.29, 0.717) is 96.4 Å². The Kier molecular flexibility index (Phi) is 22.2. The number of amides is 4. The molecule has 0 aromatic carbocycles. The maximum atomic E-state index is 10.8. The van der Waals surface area contributed by atoms with Crippen LogP contribution in [0.2, 0.25) is 50.4 Å². The summed E-state index contributed by atoms with van der Waals surface area (Å²) in [5, 5.41) is 45.0. The van der Waals surface area contributed by atoms with Crippen molar-refractivity contribution >= 4 is 106 Å². The van der Waals surface area contributed by atoms with Gasteiger partial charge in [0.2, 0.25) is 0 Å². The molecule has 280 valence electrons. The molecule has 4 amide bonds. The molecular formula is C24H52N4O12S4Si4. The van der Waals surface area contributed by atoms with Crippen LogP contribution in [-0.2, 0) is 16.5 Å². The van der Waals surface area contributed by atoms with Crippen LogP contribution in [0.4, 0.5) is 19.2 Å². The summed E-state index contributed by atoms with van der Waals surface area (Å²) in [5.74, 6) is 5.28. The predicted octanol–water partition coefficient (Wildman–Crippen LogP) is 4.36. The van der Waals surface area contributed by atoms with Gasteiger partial charge in [0.25, 0.3) is 0 Å². The molecule has 0 atom stereocenters. The molecule has 0 radical (unpaired) electrons. The van der Waals surface area contributed by atoms with Crippen molar-refractivity contribution in [1.82, 2.24) is 21.3 Å². The van der Waals surface area contributed by atoms with Gasteiger partial charge >= 0.3 is 58.6 Å². The lowest BCUT2D eigenvalue weighted by molar-refractivity contribution is 0.194. The molecular weight excluding hydrogens is 777 g/mol. The summed E-state index contributed by atoms with van der Waals surface area (Å²) < 4.78 is 28.4. The minimum Gasteiger partial charge on any atom is -0.465 e. The fourth-order valence-electron chi connectivity index (χ4n) is 4.68. The zero-order valence-corrected chi connectivity index (χ0v) is 35.3. The van der Waals surface area contributed by atoms with Gasteiger partial charge in [0.1, 0.15) is 0 Å². The van der Waals surface area contributed by atoms with E-state index < -0.39 is 58.6 Å². The highest BCUT2D eigenvalue weighted by Crippen LogP contribution is 2.38. The molecule has 0 spiro atoms. The van der Waals surface area contributed by atoms with Crippen LogP contribution in [0.3, 0.4) is 0 Å². The lowest BCUT2D eigenvalue weighted by Crippen LogP contribution is -2.67. The Labute approximate surface area is 304 Å². The monoisotopic (exact) mass is 828 g/mol. The van der Waals surface area contributed by atoms with Crippen molar-refractivity contribution in [3.05, 3.63) is 0 Å². The van der Waals surface area contributed by atoms with Gasteiger partial charge in [-0.15, -0.1) is 0 Å². The van der Waals surface area contributed by atoms with Crippen LogP contribution in [0.15, 0.2) is 0 Å². The number of carbonyl (C=O) groups is 4. The van der Waals surface area contributed by atoms with Gasteiger partial charge in [-0.3, -0.25) is 0 Å². The number of hydrogen-bond acceptors (Lipinski definition) is 12. The van der Waals surface area contributed by atoms with Crippen LogP contribution in [0, 0.1) is 0 Å². The second-order valence-corrected chi connectivity index (χ2v) is 30.6. The lowest BCUT2D eigenvalue weighted by Gasteiger charge is -2.50. The third-order valence-electron chi connectivity index (χ3n) is 6.62. The first kappa shape index (κ1) is 45.2. The normalized spacial score (nSPS) is 25.8. The van der Waals surface area contributed by atoms with E-state index in [1.165, 1.54) is 0 Å². The van der Waals surface area contributed by atoms with Gasteiger partial charge in [-0.25, -0.2) is 19.2 Å². The summed E-state index contributed by atoms with van der Waals surface area (Å²) in [4.78, 5) is 43.3. The van der Waals surface area contributed by atoms with Gasteiger partial charge < -0.3 is 58.2 Å². The highest BCUT2D eigenvalue weighted by atomic mass is 32.2. The first-order valence-electron chi connectivity index (χ1n) is 15.5. The van der Waals surface area contributed by atoms with Gasteiger partial charge in [-0.2, -0.15) is 47.0 Å². The molecule has 0 aromatic rings. The Morgan fingerprint density at radius 2 is 0.604 bits per heavy atom. The lowest BCUT2D eigenvalue weighted by atomic mass is 10.7. The van der Waals surface area contributed by atoms with Crippen molar-refractivity contribution in [3.8, 4) is 0 Å². The van der Waals surface area contributed by atoms with Crippen LogP contribution in [0.5, 0.6) is 0 Å². The van der Waals surface area contributed by atoms with E-state index in [9.17, 15) is 19.2 Å². The second-order valence-electron chi connectivity index (χ2n) is 11.3. The van der Waals surface area contributed by atoms with Crippen LogP contribution >= 0.6 is 47.0 Å². The molecule has 48 heavy (non-hydrogen) atoms. The summed E-state index contributed by atoms with van der Waals surface area (Å²) in [5.41, 5.74) is 0. The Morgan fingerprint density at radius 1 is 0.417 bits per heavy atom. The van der Waals surface area contributed by atoms with Crippen molar-refractivity contribution in [2.75, 3.05) is 72.2 Å². The molecule has 0 saturated carbocycles. The smallest absolute Gasteiger partial charge is 0.404 e. The molecule has 16 nitrogen and oxygen atoms in total. The minimum absolute atomic E-state index is 0.335. The Morgan fingerprint density at radius 3 is 0.771 bits per heavy atom. The number of hydrogen-bond donors (Lipinski definition) is 8. The molecule has 1 rings (SSSR count). The quantitative estimate of drug-likeness (QED) is 0.0499. The van der Waals surface area contributed by atoms with E-state index in [4.69, 9.17) is 36.9 Å². The van der Waals surface area contributed by atoms with Crippen molar-refractivity contribution in [3.63, 3.8) is 0 Å². The maximum Gasteiger partial charge on any atom is 0.404 e. The Bertz CT molecular complexity index is 857. The van der Waals surface area contributed by atoms with Crippen molar-refractivity contribution in [2.24, 2.45) is 0 Å². The Hall–Kier alpha value is -0.812. The highest BCUT2D eigenvalue weighted by molar-refractivity contribution is 8.00. The number of nitrogens with one attached hydrogen (secondary N) is 4. The topological polar surface area (TPSA) is 234 Å². The average Bonchev–Trinajstić information content (AvgIpc) is 2.94. The van der Waals surface area contributed by atoms with E-state index in [2.05, 4.69) is 47.5 Å². The van der Waals surface area contributed by atoms with Crippen molar-refractivity contribution in [1.29, 1.82) is 0 Å². The number of thioether (sulfide) groups is 4. The van der Waals surface area contributed by atoms with E-state index in [1.807, 2.05) is 0 Å². The SMILES string of the molecule is C[Si]1(CCSCCNC(=O)O)O[Si](C)(CCSCCNC(=O)O)O[Si](C)(CCSCCNC(=O)O)O[Si](C)(CCSCCNC(=O)O)O1. The Balaban J connectivity index is 3.16. The fourth-order valence-corrected chi connectivity index (χ4v) is 34.8. The number of rotatable bonds is 24. The predicted molar refractivity (Wildman–Crippen MR) is 203 cm³/mol. The fraction of sp³-hybridized carbons (Fsp3) is 0.833. The standard InChI is InChI=1S/C24H52N4O12S4Si4/c1-45(17-13-41-9-5-25-21(29)30)37-46(2,18-14-42-10-6-26-22(31)32)39-48(4,20-16-44-12-8-28-24(35)36)40-47(3,38-45)19-15-43-11-7-27-23(33)34/h25-28H,5-20H2,1-4H3,(H,29,30)(H,31,32)(H,33,34)(H,35,36). The van der Waals surface area contributed by atoms with Gasteiger partial charge in [0, 0.05) is 49.2 Å². The first-order valence-corrected chi connectivity index (χ1v) is 30.2. The van der Waals surface area contributed by atoms with Gasteiger partial charge in [0.05, 0.1) is 0 Å².